The maximum atomic E-state index is 12.8. The molecule has 0 bridgehead atoms. The van der Waals surface area contributed by atoms with E-state index < -0.39 is 32.5 Å². The number of rotatable bonds is 52. The van der Waals surface area contributed by atoms with Crippen molar-refractivity contribution in [3.05, 3.63) is 24.3 Å². The Hall–Kier alpha value is -2.00. The third kappa shape index (κ3) is 49.9. The third-order valence-electron chi connectivity index (χ3n) is 12.1. The topological polar surface area (TPSA) is 140 Å². The molecule has 0 aromatic heterocycles. The van der Waals surface area contributed by atoms with Gasteiger partial charge in [-0.15, -0.1) is 0 Å². The molecule has 0 aromatic rings. The molecule has 0 spiro atoms. The Kier molecular flexibility index (Phi) is 49.3. The van der Waals surface area contributed by atoms with Crippen molar-refractivity contribution in [2.24, 2.45) is 0 Å². The number of phosphoric ester groups is 1. The zero-order valence-corrected chi connectivity index (χ0v) is 44.0. The van der Waals surface area contributed by atoms with Gasteiger partial charge >= 0.3 is 11.9 Å². The minimum atomic E-state index is -4.79. The van der Waals surface area contributed by atoms with E-state index in [2.05, 4.69) is 50.4 Å². The van der Waals surface area contributed by atoms with Crippen LogP contribution >= 0.6 is 7.82 Å². The van der Waals surface area contributed by atoms with E-state index in [9.17, 15) is 23.8 Å². The molecule has 0 fully saturated rings. The Bertz CT molecular complexity index is 1190. The molecule has 0 aliphatic heterocycles. The number of phosphoric acid groups is 1. The molecule has 0 rings (SSSR count). The van der Waals surface area contributed by atoms with Crippen LogP contribution in [0, 0.1) is 0 Å². The first-order valence-electron chi connectivity index (χ1n) is 27.8. The van der Waals surface area contributed by atoms with Crippen molar-refractivity contribution in [3.8, 4) is 0 Å². The van der Waals surface area contributed by atoms with E-state index in [1.807, 2.05) is 0 Å². The first kappa shape index (κ1) is 64.0. The lowest BCUT2D eigenvalue weighted by molar-refractivity contribution is -0.228. The fourth-order valence-corrected chi connectivity index (χ4v) is 8.64. The van der Waals surface area contributed by atoms with Crippen LogP contribution in [-0.2, 0) is 37.5 Å². The summed E-state index contributed by atoms with van der Waals surface area (Å²) in [5.74, 6) is -1.05. The number of esters is 2. The van der Waals surface area contributed by atoms with Crippen LogP contribution in [-0.4, -0.2) is 50.3 Å². The summed E-state index contributed by atoms with van der Waals surface area (Å²) in [6.45, 7) is 5.62. The molecule has 11 heteroatoms. The van der Waals surface area contributed by atoms with Gasteiger partial charge in [-0.3, -0.25) is 18.9 Å². The van der Waals surface area contributed by atoms with E-state index in [0.717, 1.165) is 89.9 Å². The van der Waals surface area contributed by atoms with Gasteiger partial charge in [0.1, 0.15) is 6.61 Å². The maximum absolute atomic E-state index is 12.8. The van der Waals surface area contributed by atoms with E-state index in [0.29, 0.717) is 19.3 Å². The molecule has 2 atom stereocenters. The molecule has 66 heavy (non-hydrogen) atoms. The molecule has 0 heterocycles. The van der Waals surface area contributed by atoms with Crippen LogP contribution in [0.25, 0.3) is 0 Å². The van der Waals surface area contributed by atoms with Crippen LogP contribution in [0.2, 0.25) is 0 Å². The van der Waals surface area contributed by atoms with Crippen LogP contribution in [0.15, 0.2) is 24.3 Å². The number of hydrogen-bond acceptors (Lipinski definition) is 9. The quantitative estimate of drug-likeness (QED) is 0.0273. The van der Waals surface area contributed by atoms with Crippen LogP contribution < -0.4 is 10.2 Å². The molecule has 0 saturated carbocycles. The minimum absolute atomic E-state index is 0.0226. The molecule has 1 amide bonds. The summed E-state index contributed by atoms with van der Waals surface area (Å²) in [6.07, 6.45) is 52.2. The second-order valence-electron chi connectivity index (χ2n) is 18.7. The van der Waals surface area contributed by atoms with Crippen LogP contribution in [0.5, 0.6) is 0 Å². The molecule has 10 nitrogen and oxygen atoms in total. The van der Waals surface area contributed by atoms with Crippen molar-refractivity contribution in [1.29, 1.82) is 0 Å². The average molecular weight is 953 g/mol. The average Bonchev–Trinajstić information content (AvgIpc) is 3.30. The van der Waals surface area contributed by atoms with Crippen molar-refractivity contribution in [2.45, 2.75) is 284 Å². The van der Waals surface area contributed by atoms with Crippen molar-refractivity contribution in [3.63, 3.8) is 0 Å². The normalized spacial score (nSPS) is 13.1. The molecule has 1 unspecified atom stereocenters. The molecule has 0 aliphatic rings. The van der Waals surface area contributed by atoms with Gasteiger partial charge in [-0.1, -0.05) is 212 Å². The van der Waals surface area contributed by atoms with Crippen molar-refractivity contribution in [2.75, 3.05) is 26.4 Å². The molecular weight excluding hydrogens is 850 g/mol. The monoisotopic (exact) mass is 953 g/mol. The smallest absolute Gasteiger partial charge is 0.306 e. The van der Waals surface area contributed by atoms with E-state index in [1.54, 1.807) is 0 Å². The highest BCUT2D eigenvalue weighted by Gasteiger charge is 2.21. The van der Waals surface area contributed by atoms with Crippen molar-refractivity contribution >= 4 is 25.7 Å². The summed E-state index contributed by atoms with van der Waals surface area (Å²) in [4.78, 5) is 50.3. The molecule has 0 aliphatic carbocycles. The Morgan fingerprint density at radius 2 is 0.803 bits per heavy atom. The van der Waals surface area contributed by atoms with Gasteiger partial charge in [-0.25, -0.2) is 0 Å². The van der Waals surface area contributed by atoms with Crippen LogP contribution in [0.4, 0.5) is 0 Å². The van der Waals surface area contributed by atoms with Gasteiger partial charge in [0.2, 0.25) is 5.91 Å². The SMILES string of the molecule is CCCCCCCC/C=C\CCCCCCCC(=O)OC[C@H](COP(=O)([O-])OCCNC(=O)CCCCCCCCCCCCC)OC(=O)CCCCCCC/C=C\CCCCCCCC. The van der Waals surface area contributed by atoms with Crippen LogP contribution in [0.3, 0.4) is 0 Å². The second kappa shape index (κ2) is 50.9. The molecule has 388 valence electrons. The number of carbonyl (C=O) groups excluding carboxylic acids is 3. The predicted molar refractivity (Wildman–Crippen MR) is 273 cm³/mol. The largest absolute Gasteiger partial charge is 0.756 e. The lowest BCUT2D eigenvalue weighted by Gasteiger charge is -2.25. The van der Waals surface area contributed by atoms with E-state index >= 15 is 0 Å². The van der Waals surface area contributed by atoms with Crippen LogP contribution in [0.1, 0.15) is 278 Å². The first-order valence-corrected chi connectivity index (χ1v) is 29.2. The number of amides is 1. The Morgan fingerprint density at radius 1 is 0.455 bits per heavy atom. The fraction of sp³-hybridized carbons (Fsp3) is 0.873. The molecule has 1 N–H and O–H groups in total. The van der Waals surface area contributed by atoms with Gasteiger partial charge in [0.05, 0.1) is 13.2 Å². The van der Waals surface area contributed by atoms with Gasteiger partial charge in [-0.05, 0) is 70.6 Å². The lowest BCUT2D eigenvalue weighted by Crippen LogP contribution is -2.31. The molecule has 0 radical (unpaired) electrons. The summed E-state index contributed by atoms with van der Waals surface area (Å²) in [5, 5.41) is 2.70. The van der Waals surface area contributed by atoms with Gasteiger partial charge in [0, 0.05) is 25.8 Å². The number of hydrogen-bond donors (Lipinski definition) is 1. The van der Waals surface area contributed by atoms with E-state index in [-0.39, 0.29) is 38.5 Å². The molecular formula is C55H103NO9P-. The van der Waals surface area contributed by atoms with E-state index in [1.165, 1.54) is 135 Å². The maximum Gasteiger partial charge on any atom is 0.306 e. The summed E-state index contributed by atoms with van der Waals surface area (Å²) in [6, 6.07) is 0. The third-order valence-corrected chi connectivity index (χ3v) is 13.1. The Labute approximate surface area is 406 Å². The number of ether oxygens (including phenoxy) is 2. The minimum Gasteiger partial charge on any atom is -0.756 e. The second-order valence-corrected chi connectivity index (χ2v) is 20.1. The fourth-order valence-electron chi connectivity index (χ4n) is 7.90. The first-order chi connectivity index (χ1) is 32.2. The zero-order valence-electron chi connectivity index (χ0n) is 43.1. The van der Waals surface area contributed by atoms with Gasteiger partial charge in [-0.2, -0.15) is 0 Å². The number of unbranched alkanes of at least 4 members (excludes halogenated alkanes) is 32. The van der Waals surface area contributed by atoms with Gasteiger partial charge in [0.25, 0.3) is 7.82 Å². The number of carbonyl (C=O) groups is 3. The number of allylic oxidation sites excluding steroid dienone is 4. The summed E-state index contributed by atoms with van der Waals surface area (Å²) in [5.41, 5.74) is 0. The Balaban J connectivity index is 4.55. The zero-order chi connectivity index (χ0) is 48.3. The highest BCUT2D eigenvalue weighted by Crippen LogP contribution is 2.38. The van der Waals surface area contributed by atoms with Gasteiger partial charge in [0.15, 0.2) is 6.10 Å². The van der Waals surface area contributed by atoms with Gasteiger partial charge < -0.3 is 28.7 Å². The van der Waals surface area contributed by atoms with E-state index in [4.69, 9.17) is 18.5 Å². The molecule has 0 aromatic carbocycles. The van der Waals surface area contributed by atoms with Crippen molar-refractivity contribution in [1.82, 2.24) is 5.32 Å². The standard InChI is InChI=1S/C55H104NO9P/c1-4-7-10-13-16-19-22-24-26-28-31-34-37-40-43-46-54(58)62-50-52(65-55(59)47-44-41-38-35-32-29-27-25-23-20-17-14-11-8-5-2)51-64-66(60,61)63-49-48-56-53(57)45-42-39-36-33-30-21-18-15-12-9-6-3/h24-27,52H,4-23,28-51H2,1-3H3,(H,56,57)(H,60,61)/p-1/b26-24-,27-25-/t52-/m1/s1. The molecule has 0 saturated heterocycles. The highest BCUT2D eigenvalue weighted by molar-refractivity contribution is 7.45. The number of nitrogens with one attached hydrogen (secondary N) is 1. The summed E-state index contributed by atoms with van der Waals surface area (Å²) in [7, 11) is -4.79. The Morgan fingerprint density at radius 3 is 1.21 bits per heavy atom. The highest BCUT2D eigenvalue weighted by atomic mass is 31.2. The summed E-state index contributed by atoms with van der Waals surface area (Å²) >= 11 is 0. The van der Waals surface area contributed by atoms with Crippen molar-refractivity contribution < 1.29 is 42.4 Å². The predicted octanol–water partition coefficient (Wildman–Crippen LogP) is 15.8. The lowest BCUT2D eigenvalue weighted by atomic mass is 10.1. The summed E-state index contributed by atoms with van der Waals surface area (Å²) < 4.78 is 33.7.